The lowest BCUT2D eigenvalue weighted by Crippen LogP contribution is -2.41. The minimum atomic E-state index is -0.406. The Kier molecular flexibility index (Phi) is 8.67. The minimum absolute atomic E-state index is 0.142. The fourth-order valence-electron chi connectivity index (χ4n) is 5.28. The number of anilines is 1. The molecule has 0 bridgehead atoms. The Hall–Kier alpha value is -3.57. The molecule has 2 saturated heterocycles. The number of nitrogens with one attached hydrogen (secondary N) is 1. The van der Waals surface area contributed by atoms with Crippen molar-refractivity contribution >= 4 is 28.7 Å². The summed E-state index contributed by atoms with van der Waals surface area (Å²) in [4.78, 5) is 43.5. The number of aromatic nitrogens is 4. The zero-order valence-corrected chi connectivity index (χ0v) is 22.7. The number of piperidine rings is 1. The van der Waals surface area contributed by atoms with Crippen molar-refractivity contribution in [1.82, 2.24) is 30.1 Å². The van der Waals surface area contributed by atoms with Gasteiger partial charge >= 0.3 is 0 Å². The van der Waals surface area contributed by atoms with E-state index in [2.05, 4.69) is 32.5 Å². The molecule has 1 unspecified atom stereocenters. The Morgan fingerprint density at radius 1 is 1.13 bits per heavy atom. The number of hydrogen-bond donors (Lipinski definition) is 1. The lowest BCUT2D eigenvalue weighted by Gasteiger charge is -2.34. The van der Waals surface area contributed by atoms with E-state index >= 15 is 0 Å². The molecule has 2 aromatic heterocycles. The number of fused-ring (bicyclic) bond motifs is 1. The number of amides is 2. The predicted molar refractivity (Wildman–Crippen MR) is 146 cm³/mol. The number of benzene rings is 1. The molecule has 2 fully saturated rings. The minimum Gasteiger partial charge on any atom is -0.350 e. The van der Waals surface area contributed by atoms with Gasteiger partial charge in [-0.1, -0.05) is 25.1 Å². The first-order valence-electron chi connectivity index (χ1n) is 13.8. The molecule has 11 nitrogen and oxygen atoms in total. The molecule has 0 aliphatic carbocycles. The molecule has 1 N–H and O–H groups in total. The van der Waals surface area contributed by atoms with Crippen LogP contribution in [0.25, 0.3) is 10.9 Å². The van der Waals surface area contributed by atoms with Gasteiger partial charge in [0.25, 0.3) is 5.91 Å². The van der Waals surface area contributed by atoms with Crippen LogP contribution in [0.2, 0.25) is 0 Å². The predicted octanol–water partition coefficient (Wildman–Crippen LogP) is 3.21. The van der Waals surface area contributed by atoms with Gasteiger partial charge in [0.1, 0.15) is 0 Å². The molecule has 11 heteroatoms. The van der Waals surface area contributed by atoms with E-state index in [1.165, 1.54) is 12.4 Å². The molecular formula is C28H37N7O4. The lowest BCUT2D eigenvalue weighted by atomic mass is 9.96. The standard InChI is InChI=1S/C28H37N7O4/c1-3-25(36)35(19-23-22-8-4-5-9-24(22)33(2)31-23)18-20-11-13-34(14-12-20)28-29-16-21(17-30-28)27(37)32-39-26-10-6-7-15-38-26/h4-5,8-9,16-17,20,26H,3,6-7,10-15,18-19H2,1-2H3,(H,32,37). The summed E-state index contributed by atoms with van der Waals surface area (Å²) in [6.07, 6.45) is 7.75. The van der Waals surface area contributed by atoms with Crippen molar-refractivity contribution in [1.29, 1.82) is 0 Å². The highest BCUT2D eigenvalue weighted by Crippen LogP contribution is 2.24. The molecule has 2 amide bonds. The van der Waals surface area contributed by atoms with Crippen molar-refractivity contribution < 1.29 is 19.2 Å². The summed E-state index contributed by atoms with van der Waals surface area (Å²) in [6, 6.07) is 8.13. The molecule has 1 aromatic carbocycles. The lowest BCUT2D eigenvalue weighted by molar-refractivity contribution is -0.186. The zero-order valence-electron chi connectivity index (χ0n) is 22.7. The Morgan fingerprint density at radius 3 is 2.62 bits per heavy atom. The van der Waals surface area contributed by atoms with Crippen LogP contribution in [0, 0.1) is 5.92 Å². The van der Waals surface area contributed by atoms with Crippen molar-refractivity contribution in [2.45, 2.75) is 58.3 Å². The third-order valence-electron chi connectivity index (χ3n) is 7.53. The maximum atomic E-state index is 12.9. The molecular weight excluding hydrogens is 498 g/mol. The van der Waals surface area contributed by atoms with Gasteiger partial charge in [-0.15, -0.1) is 0 Å². The number of rotatable bonds is 9. The van der Waals surface area contributed by atoms with Crippen LogP contribution in [0.5, 0.6) is 0 Å². The normalized spacial score (nSPS) is 18.3. The number of carbonyl (C=O) groups is 2. The van der Waals surface area contributed by atoms with Gasteiger partial charge in [-0.25, -0.2) is 20.3 Å². The summed E-state index contributed by atoms with van der Waals surface area (Å²) in [7, 11) is 1.94. The van der Waals surface area contributed by atoms with Crippen molar-refractivity contribution in [2.24, 2.45) is 13.0 Å². The van der Waals surface area contributed by atoms with Crippen molar-refractivity contribution in [3.05, 3.63) is 47.9 Å². The first kappa shape index (κ1) is 27.0. The van der Waals surface area contributed by atoms with E-state index in [1.807, 2.05) is 35.7 Å². The van der Waals surface area contributed by atoms with Crippen LogP contribution in [0.15, 0.2) is 36.7 Å². The Bertz CT molecular complexity index is 1260. The fraction of sp³-hybridized carbons (Fsp3) is 0.536. The Balaban J connectivity index is 1.14. The Morgan fingerprint density at radius 2 is 1.90 bits per heavy atom. The molecule has 2 aliphatic rings. The highest BCUT2D eigenvalue weighted by molar-refractivity contribution is 5.92. The van der Waals surface area contributed by atoms with Crippen LogP contribution in [-0.4, -0.2) is 69.0 Å². The van der Waals surface area contributed by atoms with Crippen molar-refractivity contribution in [3.63, 3.8) is 0 Å². The SMILES string of the molecule is CCC(=O)N(Cc1nn(C)c2ccccc12)CC1CCN(c2ncc(C(=O)NOC3CCCCO3)cn2)CC1. The van der Waals surface area contributed by atoms with Gasteiger partial charge in [-0.2, -0.15) is 5.10 Å². The van der Waals surface area contributed by atoms with E-state index in [9.17, 15) is 9.59 Å². The van der Waals surface area contributed by atoms with E-state index in [0.717, 1.165) is 61.8 Å². The van der Waals surface area contributed by atoms with E-state index in [4.69, 9.17) is 14.7 Å². The average molecular weight is 536 g/mol. The summed E-state index contributed by atoms with van der Waals surface area (Å²) in [5, 5.41) is 5.79. The first-order valence-corrected chi connectivity index (χ1v) is 13.8. The third kappa shape index (κ3) is 6.54. The van der Waals surface area contributed by atoms with E-state index in [-0.39, 0.29) is 5.91 Å². The van der Waals surface area contributed by atoms with Crippen LogP contribution >= 0.6 is 0 Å². The second kappa shape index (κ2) is 12.5. The fourth-order valence-corrected chi connectivity index (χ4v) is 5.28. The van der Waals surface area contributed by atoms with E-state index in [1.54, 1.807) is 0 Å². The highest BCUT2D eigenvalue weighted by Gasteiger charge is 2.26. The Labute approximate surface area is 228 Å². The van der Waals surface area contributed by atoms with Gasteiger partial charge in [-0.05, 0) is 37.7 Å². The summed E-state index contributed by atoms with van der Waals surface area (Å²) < 4.78 is 7.34. The number of carbonyl (C=O) groups excluding carboxylic acids is 2. The topological polar surface area (TPSA) is 115 Å². The van der Waals surface area contributed by atoms with Gasteiger partial charge in [0, 0.05) is 63.9 Å². The smallest absolute Gasteiger partial charge is 0.278 e. The maximum absolute atomic E-state index is 12.9. The molecule has 0 spiro atoms. The van der Waals surface area contributed by atoms with Gasteiger partial charge in [0.15, 0.2) is 6.29 Å². The van der Waals surface area contributed by atoms with Crippen LogP contribution in [0.1, 0.15) is 61.5 Å². The number of nitrogens with zero attached hydrogens (tertiary/aromatic N) is 6. The third-order valence-corrected chi connectivity index (χ3v) is 7.53. The summed E-state index contributed by atoms with van der Waals surface area (Å²) >= 11 is 0. The van der Waals surface area contributed by atoms with Crippen LogP contribution in [0.4, 0.5) is 5.95 Å². The number of ether oxygens (including phenoxy) is 1. The molecule has 208 valence electrons. The second-order valence-corrected chi connectivity index (χ2v) is 10.3. The van der Waals surface area contributed by atoms with Crippen molar-refractivity contribution in [2.75, 3.05) is 31.1 Å². The van der Waals surface area contributed by atoms with Gasteiger partial charge in [0.2, 0.25) is 11.9 Å². The molecule has 0 radical (unpaired) electrons. The molecule has 2 aliphatic heterocycles. The summed E-state index contributed by atoms with van der Waals surface area (Å²) in [5.41, 5.74) is 4.77. The summed E-state index contributed by atoms with van der Waals surface area (Å²) in [6.45, 7) is 5.35. The van der Waals surface area contributed by atoms with Gasteiger partial charge in [-0.3, -0.25) is 14.3 Å². The second-order valence-electron chi connectivity index (χ2n) is 10.3. The highest BCUT2D eigenvalue weighted by atomic mass is 16.8. The molecule has 0 saturated carbocycles. The molecule has 39 heavy (non-hydrogen) atoms. The average Bonchev–Trinajstić information content (AvgIpc) is 3.31. The van der Waals surface area contributed by atoms with E-state index < -0.39 is 12.2 Å². The molecule has 4 heterocycles. The molecule has 5 rings (SSSR count). The number of aryl methyl sites for hydroxylation is 1. The maximum Gasteiger partial charge on any atom is 0.278 e. The van der Waals surface area contributed by atoms with Gasteiger partial charge in [0.05, 0.1) is 23.3 Å². The first-order chi connectivity index (χ1) is 19.0. The van der Waals surface area contributed by atoms with E-state index in [0.29, 0.717) is 43.5 Å². The quantitative estimate of drug-likeness (QED) is 0.416. The summed E-state index contributed by atoms with van der Waals surface area (Å²) in [5.74, 6) is 0.734. The monoisotopic (exact) mass is 535 g/mol. The number of hydrogen-bond acceptors (Lipinski definition) is 8. The number of hydroxylamine groups is 1. The van der Waals surface area contributed by atoms with Crippen LogP contribution < -0.4 is 10.4 Å². The van der Waals surface area contributed by atoms with Crippen molar-refractivity contribution in [3.8, 4) is 0 Å². The zero-order chi connectivity index (χ0) is 27.2. The van der Waals surface area contributed by atoms with Gasteiger partial charge < -0.3 is 14.5 Å². The van der Waals surface area contributed by atoms with Crippen LogP contribution in [-0.2, 0) is 28.0 Å². The van der Waals surface area contributed by atoms with Crippen LogP contribution in [0.3, 0.4) is 0 Å². The molecule has 1 atom stereocenters. The number of para-hydroxylation sites is 1. The largest absolute Gasteiger partial charge is 0.350 e. The molecule has 3 aromatic rings.